The van der Waals surface area contributed by atoms with E-state index in [9.17, 15) is 0 Å². The van der Waals surface area contributed by atoms with E-state index in [1.807, 2.05) is 32.0 Å². The summed E-state index contributed by atoms with van der Waals surface area (Å²) in [7, 11) is 1.78. The van der Waals surface area contributed by atoms with Gasteiger partial charge >= 0.3 is 0 Å². The highest BCUT2D eigenvalue weighted by Crippen LogP contribution is 2.24. The van der Waals surface area contributed by atoms with Crippen molar-refractivity contribution in [3.8, 4) is 0 Å². The molecule has 0 bridgehead atoms. The summed E-state index contributed by atoms with van der Waals surface area (Å²) in [6.45, 7) is 6.35. The van der Waals surface area contributed by atoms with Crippen molar-refractivity contribution in [3.63, 3.8) is 0 Å². The van der Waals surface area contributed by atoms with Crippen LogP contribution in [0.1, 0.15) is 15.6 Å². The molecule has 8 heteroatoms. The Labute approximate surface area is 155 Å². The first kappa shape index (κ1) is 17.6. The van der Waals surface area contributed by atoms with Crippen molar-refractivity contribution in [2.75, 3.05) is 25.5 Å². The van der Waals surface area contributed by atoms with Crippen molar-refractivity contribution in [2.45, 2.75) is 20.4 Å². The Morgan fingerprint density at radius 2 is 1.92 bits per heavy atom. The molecule has 0 unspecified atom stereocenters. The molecule has 0 aliphatic rings. The molecule has 2 aromatic heterocycles. The highest BCUT2D eigenvalue weighted by molar-refractivity contribution is 7.22. The maximum Gasteiger partial charge on any atom is 0.191 e. The summed E-state index contributed by atoms with van der Waals surface area (Å²) in [5, 5.41) is 12.0. The van der Waals surface area contributed by atoms with Gasteiger partial charge in [0.25, 0.3) is 0 Å². The Hall–Kier alpha value is -2.19. The number of benzene rings is 1. The van der Waals surface area contributed by atoms with Crippen molar-refractivity contribution in [3.05, 3.63) is 39.8 Å². The summed E-state index contributed by atoms with van der Waals surface area (Å²) < 4.78 is 1.20. The second-order valence-corrected chi connectivity index (χ2v) is 7.83. The third-order valence-corrected chi connectivity index (χ3v) is 5.69. The van der Waals surface area contributed by atoms with Crippen LogP contribution in [0.3, 0.4) is 0 Å². The summed E-state index contributed by atoms with van der Waals surface area (Å²) in [6.07, 6.45) is 0. The third-order valence-electron chi connectivity index (χ3n) is 3.63. The summed E-state index contributed by atoms with van der Waals surface area (Å²) in [5.41, 5.74) is 2.12. The molecule has 0 aliphatic carbocycles. The number of guanidine groups is 1. The molecule has 0 atom stereocenters. The van der Waals surface area contributed by atoms with Crippen LogP contribution < -0.4 is 16.0 Å². The minimum atomic E-state index is 0.738. The maximum atomic E-state index is 4.57. The Morgan fingerprint density at radius 1 is 1.08 bits per heavy atom. The van der Waals surface area contributed by atoms with E-state index in [1.165, 1.54) is 9.58 Å². The van der Waals surface area contributed by atoms with E-state index in [1.54, 1.807) is 29.7 Å². The van der Waals surface area contributed by atoms with Crippen LogP contribution in [0.25, 0.3) is 10.2 Å². The van der Waals surface area contributed by atoms with Crippen LogP contribution in [-0.2, 0) is 6.54 Å². The number of aliphatic imine (C=N–C) groups is 1. The molecular formula is C17H22N6S2. The predicted octanol–water partition coefficient (Wildman–Crippen LogP) is 3.15. The first-order valence-corrected chi connectivity index (χ1v) is 9.76. The van der Waals surface area contributed by atoms with E-state index < -0.39 is 0 Å². The predicted molar refractivity (Wildman–Crippen MR) is 108 cm³/mol. The molecule has 3 N–H and O–H groups in total. The van der Waals surface area contributed by atoms with Crippen LogP contribution in [0, 0.1) is 13.8 Å². The van der Waals surface area contributed by atoms with Gasteiger partial charge in [-0.3, -0.25) is 4.99 Å². The number of thiazole rings is 2. The lowest BCUT2D eigenvalue weighted by Crippen LogP contribution is -2.39. The minimum Gasteiger partial charge on any atom is -0.360 e. The molecule has 0 saturated carbocycles. The molecule has 1 aromatic carbocycles. The zero-order valence-electron chi connectivity index (χ0n) is 14.6. The molecule has 0 fully saturated rings. The number of rotatable bonds is 6. The molecule has 0 saturated heterocycles. The van der Waals surface area contributed by atoms with Gasteiger partial charge in [0.1, 0.15) is 0 Å². The number of nitrogens with zero attached hydrogens (tertiary/aromatic N) is 3. The average molecular weight is 375 g/mol. The second kappa shape index (κ2) is 8.26. The quantitative estimate of drug-likeness (QED) is 0.351. The monoisotopic (exact) mass is 374 g/mol. The average Bonchev–Trinajstić information content (AvgIpc) is 3.16. The highest BCUT2D eigenvalue weighted by Gasteiger charge is 2.06. The van der Waals surface area contributed by atoms with E-state index >= 15 is 0 Å². The van der Waals surface area contributed by atoms with Crippen molar-refractivity contribution < 1.29 is 0 Å². The molecule has 132 valence electrons. The molecular weight excluding hydrogens is 352 g/mol. The molecule has 0 radical (unpaired) electrons. The second-order valence-electron chi connectivity index (χ2n) is 5.51. The Kier molecular flexibility index (Phi) is 5.83. The number of aryl methyl sites for hydroxylation is 2. The van der Waals surface area contributed by atoms with Gasteiger partial charge in [-0.15, -0.1) is 11.3 Å². The van der Waals surface area contributed by atoms with Crippen molar-refractivity contribution >= 4 is 44.0 Å². The number of nitrogens with one attached hydrogen (secondary N) is 3. The van der Waals surface area contributed by atoms with Crippen LogP contribution in [0.4, 0.5) is 5.13 Å². The molecule has 0 aliphatic heterocycles. The van der Waals surface area contributed by atoms with Gasteiger partial charge in [-0.25, -0.2) is 9.97 Å². The standard InChI is InChI=1S/C17H22N6S2/c1-11-15(24-12(2)22-11)10-21-16(18-3)19-8-9-20-17-23-13-6-4-5-7-14(13)25-17/h4-7H,8-10H2,1-3H3,(H,20,23)(H2,18,19,21). The van der Waals surface area contributed by atoms with Crippen molar-refractivity contribution in [1.29, 1.82) is 0 Å². The first-order chi connectivity index (χ1) is 12.2. The minimum absolute atomic E-state index is 0.738. The lowest BCUT2D eigenvalue weighted by atomic mass is 10.3. The summed E-state index contributed by atoms with van der Waals surface area (Å²) in [6, 6.07) is 8.17. The van der Waals surface area contributed by atoms with Gasteiger partial charge in [-0.2, -0.15) is 0 Å². The van der Waals surface area contributed by atoms with Gasteiger partial charge in [-0.05, 0) is 26.0 Å². The van der Waals surface area contributed by atoms with E-state index in [2.05, 4.69) is 37.0 Å². The Balaban J connectivity index is 1.43. The van der Waals surface area contributed by atoms with Crippen LogP contribution in [0.2, 0.25) is 0 Å². The lowest BCUT2D eigenvalue weighted by Gasteiger charge is -2.11. The van der Waals surface area contributed by atoms with Gasteiger partial charge in [0, 0.05) is 25.0 Å². The van der Waals surface area contributed by atoms with Gasteiger partial charge in [0.2, 0.25) is 0 Å². The van der Waals surface area contributed by atoms with Gasteiger partial charge in [0.05, 0.1) is 27.5 Å². The zero-order valence-corrected chi connectivity index (χ0v) is 16.2. The topological polar surface area (TPSA) is 74.2 Å². The summed E-state index contributed by atoms with van der Waals surface area (Å²) in [5.74, 6) is 0.788. The van der Waals surface area contributed by atoms with Crippen LogP contribution >= 0.6 is 22.7 Å². The molecule has 2 heterocycles. The summed E-state index contributed by atoms with van der Waals surface area (Å²) >= 11 is 3.39. The summed E-state index contributed by atoms with van der Waals surface area (Å²) in [4.78, 5) is 14.5. The SMILES string of the molecule is CN=C(NCCNc1nc2ccccc2s1)NCc1sc(C)nc1C. The fourth-order valence-electron chi connectivity index (χ4n) is 2.42. The smallest absolute Gasteiger partial charge is 0.191 e. The Bertz CT molecular complexity index is 834. The maximum absolute atomic E-state index is 4.57. The first-order valence-electron chi connectivity index (χ1n) is 8.12. The molecule has 3 aromatic rings. The molecule has 0 amide bonds. The number of anilines is 1. The van der Waals surface area contributed by atoms with Crippen LogP contribution in [0.15, 0.2) is 29.3 Å². The number of para-hydroxylation sites is 1. The largest absolute Gasteiger partial charge is 0.360 e. The van der Waals surface area contributed by atoms with Gasteiger partial charge in [0.15, 0.2) is 11.1 Å². The number of fused-ring (bicyclic) bond motifs is 1. The number of hydrogen-bond acceptors (Lipinski definition) is 6. The van der Waals surface area contributed by atoms with E-state index in [4.69, 9.17) is 0 Å². The molecule has 25 heavy (non-hydrogen) atoms. The highest BCUT2D eigenvalue weighted by atomic mass is 32.1. The zero-order chi connectivity index (χ0) is 17.6. The van der Waals surface area contributed by atoms with Gasteiger partial charge in [-0.1, -0.05) is 23.5 Å². The van der Waals surface area contributed by atoms with E-state index in [-0.39, 0.29) is 0 Å². The third kappa shape index (κ3) is 4.67. The van der Waals surface area contributed by atoms with Gasteiger partial charge < -0.3 is 16.0 Å². The van der Waals surface area contributed by atoms with E-state index in [0.717, 1.165) is 46.9 Å². The Morgan fingerprint density at radius 3 is 2.64 bits per heavy atom. The fourth-order valence-corrected chi connectivity index (χ4v) is 4.19. The van der Waals surface area contributed by atoms with Crippen molar-refractivity contribution in [1.82, 2.24) is 20.6 Å². The molecule has 6 nitrogen and oxygen atoms in total. The van der Waals surface area contributed by atoms with Crippen molar-refractivity contribution in [2.24, 2.45) is 4.99 Å². The normalized spacial score (nSPS) is 11.7. The number of aromatic nitrogens is 2. The van der Waals surface area contributed by atoms with Crippen LogP contribution in [0.5, 0.6) is 0 Å². The molecule has 3 rings (SSSR count). The van der Waals surface area contributed by atoms with E-state index in [0.29, 0.717) is 0 Å². The molecule has 0 spiro atoms. The van der Waals surface area contributed by atoms with Crippen LogP contribution in [-0.4, -0.2) is 36.1 Å². The fraction of sp³-hybridized carbons (Fsp3) is 0.353. The number of hydrogen-bond donors (Lipinski definition) is 3. The lowest BCUT2D eigenvalue weighted by molar-refractivity contribution is 0.815.